The molecule has 2 N–H and O–H groups in total. The minimum absolute atomic E-state index is 0.273. The van der Waals surface area contributed by atoms with Crippen LogP contribution < -0.4 is 5.32 Å². The first-order chi connectivity index (χ1) is 10.2. The molecule has 0 bridgehead atoms. The van der Waals surface area contributed by atoms with Crippen LogP contribution in [0.3, 0.4) is 0 Å². The van der Waals surface area contributed by atoms with Gasteiger partial charge in [0.25, 0.3) is 0 Å². The number of aromatic nitrogens is 2. The quantitative estimate of drug-likeness (QED) is 0.888. The van der Waals surface area contributed by atoms with Gasteiger partial charge in [0.05, 0.1) is 5.01 Å². The number of rotatable bonds is 5. The fourth-order valence-corrected chi connectivity index (χ4v) is 3.22. The Bertz CT molecular complexity index is 641. The van der Waals surface area contributed by atoms with Gasteiger partial charge in [0.1, 0.15) is 11.4 Å². The highest BCUT2D eigenvalue weighted by Gasteiger charge is 2.18. The Morgan fingerprint density at radius 1 is 1.38 bits per heavy atom. The zero-order valence-corrected chi connectivity index (χ0v) is 12.4. The molecule has 110 valence electrons. The number of fused-ring (bicyclic) bond motifs is 1. The lowest BCUT2D eigenvalue weighted by Crippen LogP contribution is -2.15. The van der Waals surface area contributed by atoms with Crippen molar-refractivity contribution < 1.29 is 9.90 Å². The number of carbonyl (C=O) groups is 1. The highest BCUT2D eigenvalue weighted by molar-refractivity contribution is 7.09. The second-order valence-corrected chi connectivity index (χ2v) is 6.08. The van der Waals surface area contributed by atoms with E-state index in [1.165, 1.54) is 0 Å². The highest BCUT2D eigenvalue weighted by Crippen LogP contribution is 2.24. The van der Waals surface area contributed by atoms with E-state index in [9.17, 15) is 9.90 Å². The van der Waals surface area contributed by atoms with E-state index in [2.05, 4.69) is 15.3 Å². The summed E-state index contributed by atoms with van der Waals surface area (Å²) >= 11 is 1.60. The molecular weight excluding hydrogens is 286 g/mol. The minimum Gasteiger partial charge on any atom is -0.478 e. The summed E-state index contributed by atoms with van der Waals surface area (Å²) in [7, 11) is 0. The van der Waals surface area contributed by atoms with Gasteiger partial charge in [-0.3, -0.25) is 0 Å². The average molecular weight is 303 g/mol. The first-order valence-corrected chi connectivity index (χ1v) is 8.00. The Balaban J connectivity index is 1.77. The molecule has 0 radical (unpaired) electrons. The molecule has 0 fully saturated rings. The third-order valence-corrected chi connectivity index (χ3v) is 4.49. The molecule has 1 aliphatic carbocycles. The van der Waals surface area contributed by atoms with Gasteiger partial charge in [0.15, 0.2) is 0 Å². The zero-order valence-electron chi connectivity index (χ0n) is 11.6. The largest absolute Gasteiger partial charge is 0.478 e. The Labute approximate surface area is 127 Å². The van der Waals surface area contributed by atoms with Crippen LogP contribution in [0.1, 0.15) is 39.5 Å². The summed E-state index contributed by atoms with van der Waals surface area (Å²) in [5.41, 5.74) is 2.40. The van der Waals surface area contributed by atoms with Crippen LogP contribution in [-0.4, -0.2) is 27.6 Å². The molecule has 0 atom stereocenters. The number of aromatic carboxylic acids is 1. The zero-order chi connectivity index (χ0) is 14.7. The number of hydrogen-bond donors (Lipinski definition) is 2. The van der Waals surface area contributed by atoms with Crippen LogP contribution in [0.4, 0.5) is 5.82 Å². The Hall–Kier alpha value is -1.95. The average Bonchev–Trinajstić information content (AvgIpc) is 2.99. The van der Waals surface area contributed by atoms with Gasteiger partial charge in [-0.25, -0.2) is 14.8 Å². The molecule has 2 aromatic heterocycles. The maximum Gasteiger partial charge on any atom is 0.339 e. The van der Waals surface area contributed by atoms with Crippen LogP contribution in [0.25, 0.3) is 0 Å². The molecule has 0 spiro atoms. The fraction of sp³-hybridized carbons (Fsp3) is 0.400. The van der Waals surface area contributed by atoms with E-state index >= 15 is 0 Å². The molecule has 0 saturated heterocycles. The van der Waals surface area contributed by atoms with Crippen molar-refractivity contribution in [3.05, 3.63) is 39.5 Å². The predicted molar refractivity (Wildman–Crippen MR) is 82.1 cm³/mol. The summed E-state index contributed by atoms with van der Waals surface area (Å²) in [6.07, 6.45) is 6.67. The molecule has 0 amide bonds. The van der Waals surface area contributed by atoms with Gasteiger partial charge in [-0.05, 0) is 37.3 Å². The molecule has 3 rings (SSSR count). The van der Waals surface area contributed by atoms with E-state index in [1.54, 1.807) is 23.6 Å². The molecule has 0 aromatic carbocycles. The lowest BCUT2D eigenvalue weighted by Gasteiger charge is -2.18. The molecule has 2 aromatic rings. The summed E-state index contributed by atoms with van der Waals surface area (Å²) in [6.45, 7) is 0.638. The Morgan fingerprint density at radius 3 is 3.00 bits per heavy atom. The van der Waals surface area contributed by atoms with Crippen LogP contribution in [0, 0.1) is 0 Å². The van der Waals surface area contributed by atoms with Crippen molar-refractivity contribution in [3.8, 4) is 0 Å². The third-order valence-electron chi connectivity index (χ3n) is 3.65. The number of carboxylic acids is 1. The molecular formula is C15H17N3O2S. The summed E-state index contributed by atoms with van der Waals surface area (Å²) < 4.78 is 0. The number of aryl methyl sites for hydroxylation is 2. The van der Waals surface area contributed by atoms with Crippen molar-refractivity contribution >= 4 is 23.1 Å². The number of carboxylic acid groups (broad SMARTS) is 1. The Kier molecular flexibility index (Phi) is 4.15. The maximum absolute atomic E-state index is 11.4. The second kappa shape index (κ2) is 6.22. The van der Waals surface area contributed by atoms with E-state index in [0.29, 0.717) is 12.4 Å². The third kappa shape index (κ3) is 3.21. The molecule has 0 unspecified atom stereocenters. The van der Waals surface area contributed by atoms with Gasteiger partial charge in [0.2, 0.25) is 0 Å². The van der Waals surface area contributed by atoms with Crippen molar-refractivity contribution in [3.63, 3.8) is 0 Å². The molecule has 2 heterocycles. The van der Waals surface area contributed by atoms with Crippen LogP contribution in [0.5, 0.6) is 0 Å². The van der Waals surface area contributed by atoms with Crippen molar-refractivity contribution in [1.82, 2.24) is 9.97 Å². The lowest BCUT2D eigenvalue weighted by molar-refractivity contribution is 0.0697. The summed E-state index contributed by atoms with van der Waals surface area (Å²) in [5.74, 6) is -0.438. The maximum atomic E-state index is 11.4. The molecule has 0 aliphatic heterocycles. The number of pyridine rings is 1. The van der Waals surface area contributed by atoms with E-state index < -0.39 is 5.97 Å². The van der Waals surface area contributed by atoms with Gasteiger partial charge >= 0.3 is 5.97 Å². The van der Waals surface area contributed by atoms with Gasteiger partial charge in [0, 0.05) is 30.2 Å². The van der Waals surface area contributed by atoms with Gasteiger partial charge in [-0.15, -0.1) is 11.3 Å². The molecule has 5 nitrogen and oxygen atoms in total. The fourth-order valence-electron chi connectivity index (χ4n) is 2.60. The first kappa shape index (κ1) is 14.0. The van der Waals surface area contributed by atoms with Crippen LogP contribution in [0.15, 0.2) is 17.6 Å². The topological polar surface area (TPSA) is 75.1 Å². The highest BCUT2D eigenvalue weighted by atomic mass is 32.1. The number of thiazole rings is 1. The molecule has 1 aliphatic rings. The molecule has 21 heavy (non-hydrogen) atoms. The second-order valence-electron chi connectivity index (χ2n) is 5.11. The normalized spacial score (nSPS) is 13.7. The van der Waals surface area contributed by atoms with Crippen LogP contribution in [0.2, 0.25) is 0 Å². The monoisotopic (exact) mass is 303 g/mol. The summed E-state index contributed by atoms with van der Waals surface area (Å²) in [6, 6.07) is 1.79. The van der Waals surface area contributed by atoms with E-state index in [-0.39, 0.29) is 5.56 Å². The predicted octanol–water partition coefficient (Wildman–Crippen LogP) is 2.77. The van der Waals surface area contributed by atoms with Gasteiger partial charge in [-0.2, -0.15) is 0 Å². The van der Waals surface area contributed by atoms with Crippen LogP contribution >= 0.6 is 11.3 Å². The number of anilines is 1. The van der Waals surface area contributed by atoms with Crippen molar-refractivity contribution in [2.75, 3.05) is 11.9 Å². The van der Waals surface area contributed by atoms with Crippen molar-refractivity contribution in [2.24, 2.45) is 0 Å². The van der Waals surface area contributed by atoms with Gasteiger partial charge in [-0.1, -0.05) is 0 Å². The van der Waals surface area contributed by atoms with E-state index in [4.69, 9.17) is 0 Å². The van der Waals surface area contributed by atoms with E-state index in [1.807, 2.05) is 5.38 Å². The summed E-state index contributed by atoms with van der Waals surface area (Å²) in [4.78, 5) is 20.2. The lowest BCUT2D eigenvalue weighted by atomic mass is 9.94. The van der Waals surface area contributed by atoms with Crippen molar-refractivity contribution in [2.45, 2.75) is 32.1 Å². The first-order valence-electron chi connectivity index (χ1n) is 7.12. The minimum atomic E-state index is -0.923. The smallest absolute Gasteiger partial charge is 0.339 e. The Morgan fingerprint density at radius 2 is 2.24 bits per heavy atom. The molecule has 0 saturated carbocycles. The number of nitrogens with one attached hydrogen (secondary N) is 1. The SMILES string of the molecule is O=C(O)c1cc2c(nc1NCCc1nccs1)CCCC2. The van der Waals surface area contributed by atoms with Crippen molar-refractivity contribution in [1.29, 1.82) is 0 Å². The van der Waals surface area contributed by atoms with Crippen LogP contribution in [-0.2, 0) is 19.3 Å². The number of nitrogens with zero attached hydrogens (tertiary/aromatic N) is 2. The standard InChI is InChI=1S/C15H17N3O2S/c19-15(20)11-9-10-3-1-2-4-12(10)18-14(11)17-6-5-13-16-7-8-21-13/h7-9H,1-6H2,(H,17,18)(H,19,20). The summed E-state index contributed by atoms with van der Waals surface area (Å²) in [5, 5.41) is 15.5. The molecule has 6 heteroatoms. The van der Waals surface area contributed by atoms with Gasteiger partial charge < -0.3 is 10.4 Å². The number of hydrogen-bond acceptors (Lipinski definition) is 5. The van der Waals surface area contributed by atoms with E-state index in [0.717, 1.165) is 48.4 Å².